The van der Waals surface area contributed by atoms with Crippen molar-refractivity contribution in [1.29, 1.82) is 0 Å². The van der Waals surface area contributed by atoms with Crippen LogP contribution in [0.5, 0.6) is 5.75 Å². The number of hydrogen-bond donors (Lipinski definition) is 2. The van der Waals surface area contributed by atoms with Crippen LogP contribution in [0.2, 0.25) is 0 Å². The molecule has 0 radical (unpaired) electrons. The van der Waals surface area contributed by atoms with Crippen LogP contribution in [-0.2, 0) is 6.54 Å². The summed E-state index contributed by atoms with van der Waals surface area (Å²) in [7, 11) is 1.59. The number of nitrogens with zero attached hydrogens (tertiary/aromatic N) is 2. The highest BCUT2D eigenvalue weighted by Crippen LogP contribution is 2.25. The number of thioether (sulfide) groups is 1. The summed E-state index contributed by atoms with van der Waals surface area (Å²) in [4.78, 5) is 0. The van der Waals surface area contributed by atoms with Gasteiger partial charge in [-0.05, 0) is 17.7 Å². The SMILES string of the molecule is COc1cccc(C(O)CSc2nnc(CN)o2)c1. The van der Waals surface area contributed by atoms with E-state index in [0.29, 0.717) is 22.6 Å². The van der Waals surface area contributed by atoms with Gasteiger partial charge in [-0.25, -0.2) is 0 Å². The van der Waals surface area contributed by atoms with E-state index in [4.69, 9.17) is 14.9 Å². The summed E-state index contributed by atoms with van der Waals surface area (Å²) < 4.78 is 10.4. The Balaban J connectivity index is 1.94. The molecule has 0 aliphatic rings. The largest absolute Gasteiger partial charge is 0.497 e. The topological polar surface area (TPSA) is 94.4 Å². The Morgan fingerprint density at radius 2 is 2.32 bits per heavy atom. The van der Waals surface area contributed by atoms with Gasteiger partial charge in [0, 0.05) is 5.75 Å². The van der Waals surface area contributed by atoms with Gasteiger partial charge in [-0.1, -0.05) is 23.9 Å². The first-order valence-electron chi connectivity index (χ1n) is 5.70. The fourth-order valence-electron chi connectivity index (χ4n) is 1.47. The first-order valence-corrected chi connectivity index (χ1v) is 6.68. The minimum atomic E-state index is -0.631. The van der Waals surface area contributed by atoms with Crippen molar-refractivity contribution in [2.45, 2.75) is 17.9 Å². The molecule has 0 aliphatic carbocycles. The van der Waals surface area contributed by atoms with Crippen LogP contribution in [0.1, 0.15) is 17.6 Å². The quantitative estimate of drug-likeness (QED) is 0.772. The molecule has 102 valence electrons. The fraction of sp³-hybridized carbons (Fsp3) is 0.333. The van der Waals surface area contributed by atoms with Crippen LogP contribution in [0.4, 0.5) is 0 Å². The van der Waals surface area contributed by atoms with Crippen molar-refractivity contribution in [3.63, 3.8) is 0 Å². The Kier molecular flexibility index (Phi) is 4.78. The van der Waals surface area contributed by atoms with E-state index in [0.717, 1.165) is 5.56 Å². The monoisotopic (exact) mass is 281 g/mol. The van der Waals surface area contributed by atoms with E-state index in [-0.39, 0.29) is 6.54 Å². The number of aromatic nitrogens is 2. The van der Waals surface area contributed by atoms with Crippen molar-refractivity contribution >= 4 is 11.8 Å². The van der Waals surface area contributed by atoms with E-state index in [1.165, 1.54) is 11.8 Å². The number of nitrogens with two attached hydrogens (primary N) is 1. The molecule has 0 bridgehead atoms. The van der Waals surface area contributed by atoms with E-state index in [1.54, 1.807) is 13.2 Å². The average Bonchev–Trinajstić information content (AvgIpc) is 2.93. The first-order chi connectivity index (χ1) is 9.22. The van der Waals surface area contributed by atoms with Crippen LogP contribution < -0.4 is 10.5 Å². The molecule has 0 aliphatic heterocycles. The van der Waals surface area contributed by atoms with E-state index >= 15 is 0 Å². The van der Waals surface area contributed by atoms with Gasteiger partial charge in [0.2, 0.25) is 5.89 Å². The second-order valence-electron chi connectivity index (χ2n) is 3.77. The normalized spacial score (nSPS) is 12.4. The lowest BCUT2D eigenvalue weighted by Gasteiger charge is -2.10. The van der Waals surface area contributed by atoms with Gasteiger partial charge in [0.05, 0.1) is 19.8 Å². The van der Waals surface area contributed by atoms with Crippen molar-refractivity contribution in [2.24, 2.45) is 5.73 Å². The standard InChI is InChI=1S/C12H15N3O3S/c1-17-9-4-2-3-8(5-9)10(16)7-19-12-15-14-11(6-13)18-12/h2-5,10,16H,6-7,13H2,1H3. The molecule has 0 saturated carbocycles. The molecule has 1 aromatic heterocycles. The lowest BCUT2D eigenvalue weighted by Crippen LogP contribution is -2.00. The summed E-state index contributed by atoms with van der Waals surface area (Å²) in [6.07, 6.45) is -0.631. The van der Waals surface area contributed by atoms with Crippen LogP contribution >= 0.6 is 11.8 Å². The zero-order chi connectivity index (χ0) is 13.7. The smallest absolute Gasteiger partial charge is 0.276 e. The van der Waals surface area contributed by atoms with Crippen LogP contribution in [0, 0.1) is 0 Å². The van der Waals surface area contributed by atoms with Crippen LogP contribution in [0.15, 0.2) is 33.9 Å². The average molecular weight is 281 g/mol. The number of aliphatic hydroxyl groups excluding tert-OH is 1. The number of ether oxygens (including phenoxy) is 1. The molecule has 2 rings (SSSR count). The molecular formula is C12H15N3O3S. The molecule has 1 aromatic carbocycles. The van der Waals surface area contributed by atoms with Crippen molar-refractivity contribution in [3.8, 4) is 5.75 Å². The van der Waals surface area contributed by atoms with Gasteiger partial charge in [0.25, 0.3) is 5.22 Å². The molecule has 0 amide bonds. The van der Waals surface area contributed by atoms with Crippen molar-refractivity contribution in [3.05, 3.63) is 35.7 Å². The van der Waals surface area contributed by atoms with Gasteiger partial charge in [0.1, 0.15) is 5.75 Å². The summed E-state index contributed by atoms with van der Waals surface area (Å²) in [6, 6.07) is 7.30. The second-order valence-corrected chi connectivity index (χ2v) is 4.74. The lowest BCUT2D eigenvalue weighted by atomic mass is 10.1. The van der Waals surface area contributed by atoms with Gasteiger partial charge >= 0.3 is 0 Å². The Hall–Kier alpha value is -1.57. The molecule has 0 spiro atoms. The molecule has 1 atom stereocenters. The molecule has 7 heteroatoms. The molecule has 2 aromatic rings. The van der Waals surface area contributed by atoms with E-state index in [1.807, 2.05) is 18.2 Å². The first kappa shape index (κ1) is 13.9. The highest BCUT2D eigenvalue weighted by atomic mass is 32.2. The van der Waals surface area contributed by atoms with Gasteiger partial charge in [-0.15, -0.1) is 10.2 Å². The van der Waals surface area contributed by atoms with E-state index in [9.17, 15) is 5.11 Å². The summed E-state index contributed by atoms with van der Waals surface area (Å²) in [5, 5.41) is 18.0. The maximum Gasteiger partial charge on any atom is 0.276 e. The zero-order valence-corrected chi connectivity index (χ0v) is 11.3. The maximum atomic E-state index is 10.1. The Labute approximate surface area is 115 Å². The number of methoxy groups -OCH3 is 1. The molecule has 1 unspecified atom stereocenters. The fourth-order valence-corrected chi connectivity index (χ4v) is 2.22. The number of hydrogen-bond acceptors (Lipinski definition) is 7. The molecule has 0 fully saturated rings. The zero-order valence-electron chi connectivity index (χ0n) is 10.4. The van der Waals surface area contributed by atoms with Crippen molar-refractivity contribution in [1.82, 2.24) is 10.2 Å². The Bertz CT molecular complexity index is 532. The third-order valence-electron chi connectivity index (χ3n) is 2.47. The highest BCUT2D eigenvalue weighted by molar-refractivity contribution is 7.99. The number of rotatable bonds is 6. The van der Waals surface area contributed by atoms with Gasteiger partial charge in [-0.3, -0.25) is 0 Å². The van der Waals surface area contributed by atoms with Crippen LogP contribution in [-0.4, -0.2) is 28.2 Å². The minimum absolute atomic E-state index is 0.214. The molecular weight excluding hydrogens is 266 g/mol. The Morgan fingerprint density at radius 3 is 3.00 bits per heavy atom. The molecule has 3 N–H and O–H groups in total. The number of benzene rings is 1. The summed E-state index contributed by atoms with van der Waals surface area (Å²) in [6.45, 7) is 0.214. The van der Waals surface area contributed by atoms with Gasteiger partial charge < -0.3 is 20.0 Å². The summed E-state index contributed by atoms with van der Waals surface area (Å²) in [5.74, 6) is 1.52. The molecule has 0 saturated heterocycles. The number of aliphatic hydroxyl groups is 1. The molecule has 19 heavy (non-hydrogen) atoms. The van der Waals surface area contributed by atoms with E-state index in [2.05, 4.69) is 10.2 Å². The highest BCUT2D eigenvalue weighted by Gasteiger charge is 2.12. The van der Waals surface area contributed by atoms with Crippen LogP contribution in [0.3, 0.4) is 0 Å². The minimum Gasteiger partial charge on any atom is -0.497 e. The third-order valence-corrected chi connectivity index (χ3v) is 3.36. The predicted molar refractivity (Wildman–Crippen MR) is 70.9 cm³/mol. The predicted octanol–water partition coefficient (Wildman–Crippen LogP) is 1.36. The summed E-state index contributed by atoms with van der Waals surface area (Å²) in [5.41, 5.74) is 6.16. The maximum absolute atomic E-state index is 10.1. The Morgan fingerprint density at radius 1 is 1.47 bits per heavy atom. The second kappa shape index (κ2) is 6.55. The van der Waals surface area contributed by atoms with E-state index < -0.39 is 6.10 Å². The lowest BCUT2D eigenvalue weighted by molar-refractivity contribution is 0.203. The van der Waals surface area contributed by atoms with Gasteiger partial charge in [0.15, 0.2) is 0 Å². The molecule has 1 heterocycles. The summed E-state index contributed by atoms with van der Waals surface area (Å²) >= 11 is 1.29. The molecule has 6 nitrogen and oxygen atoms in total. The van der Waals surface area contributed by atoms with Crippen LogP contribution in [0.25, 0.3) is 0 Å². The van der Waals surface area contributed by atoms with Crippen molar-refractivity contribution in [2.75, 3.05) is 12.9 Å². The third kappa shape index (κ3) is 3.69. The van der Waals surface area contributed by atoms with Crippen molar-refractivity contribution < 1.29 is 14.3 Å². The van der Waals surface area contributed by atoms with Gasteiger partial charge in [-0.2, -0.15) is 0 Å².